The van der Waals surface area contributed by atoms with Crippen LogP contribution in [0.25, 0.3) is 0 Å². The van der Waals surface area contributed by atoms with Crippen LogP contribution < -0.4 is 10.2 Å². The van der Waals surface area contributed by atoms with Crippen molar-refractivity contribution in [3.63, 3.8) is 0 Å². The minimum absolute atomic E-state index is 0.396. The second-order valence-corrected chi connectivity index (χ2v) is 5.27. The van der Waals surface area contributed by atoms with E-state index in [1.807, 2.05) is 0 Å². The molecule has 100 valence electrons. The van der Waals surface area contributed by atoms with Crippen LogP contribution in [-0.4, -0.2) is 61.4 Å². The molecule has 2 fully saturated rings. The first-order valence-electron chi connectivity index (χ1n) is 6.81. The summed E-state index contributed by atoms with van der Waals surface area (Å²) in [5.41, 5.74) is 0. The molecule has 3 heterocycles. The molecule has 3 rings (SSSR count). The number of aromatic nitrogens is 2. The van der Waals surface area contributed by atoms with E-state index in [4.69, 9.17) is 4.52 Å². The molecule has 2 saturated heterocycles. The molecule has 1 aromatic rings. The van der Waals surface area contributed by atoms with Crippen LogP contribution in [0.5, 0.6) is 0 Å². The topological polar surface area (TPSA) is 57.4 Å². The van der Waals surface area contributed by atoms with Gasteiger partial charge in [0.25, 0.3) is 5.95 Å². The first-order chi connectivity index (χ1) is 8.83. The van der Waals surface area contributed by atoms with E-state index in [-0.39, 0.29) is 0 Å². The Morgan fingerprint density at radius 1 is 1.28 bits per heavy atom. The number of anilines is 1. The van der Waals surface area contributed by atoms with E-state index in [1.165, 1.54) is 6.42 Å². The SMILES string of the molecule is CN1CCN(c2noc([C@H]3CCCNC3)n2)CC1. The molecular weight excluding hydrogens is 230 g/mol. The lowest BCUT2D eigenvalue weighted by Crippen LogP contribution is -2.44. The minimum Gasteiger partial charge on any atom is -0.337 e. The fraction of sp³-hybridized carbons (Fsp3) is 0.833. The first kappa shape index (κ1) is 11.9. The van der Waals surface area contributed by atoms with Crippen molar-refractivity contribution in [3.05, 3.63) is 5.89 Å². The molecule has 18 heavy (non-hydrogen) atoms. The third kappa shape index (κ3) is 2.49. The quantitative estimate of drug-likeness (QED) is 0.815. The van der Waals surface area contributed by atoms with Crippen LogP contribution in [0.4, 0.5) is 5.95 Å². The van der Waals surface area contributed by atoms with Gasteiger partial charge in [-0.2, -0.15) is 4.98 Å². The number of piperidine rings is 1. The van der Waals surface area contributed by atoms with Crippen molar-refractivity contribution in [2.75, 3.05) is 51.2 Å². The zero-order valence-electron chi connectivity index (χ0n) is 10.9. The molecule has 0 aromatic carbocycles. The molecule has 0 saturated carbocycles. The maximum absolute atomic E-state index is 5.43. The lowest BCUT2D eigenvalue weighted by molar-refractivity contribution is 0.305. The highest BCUT2D eigenvalue weighted by Crippen LogP contribution is 2.23. The second kappa shape index (κ2) is 5.24. The van der Waals surface area contributed by atoms with Gasteiger partial charge in [0.2, 0.25) is 5.89 Å². The van der Waals surface area contributed by atoms with Gasteiger partial charge < -0.3 is 19.6 Å². The Labute approximate surface area is 107 Å². The minimum atomic E-state index is 0.396. The Balaban J connectivity index is 1.65. The predicted octanol–water partition coefficient (Wildman–Crippen LogP) is 0.288. The average molecular weight is 251 g/mol. The Hall–Kier alpha value is -1.14. The molecule has 0 radical (unpaired) electrons. The van der Waals surface area contributed by atoms with Crippen molar-refractivity contribution >= 4 is 5.95 Å². The average Bonchev–Trinajstić information content (AvgIpc) is 2.90. The number of likely N-dealkylation sites (N-methyl/N-ethyl adjacent to an activating group) is 1. The highest BCUT2D eigenvalue weighted by atomic mass is 16.5. The van der Waals surface area contributed by atoms with Gasteiger partial charge in [0.05, 0.1) is 5.92 Å². The molecule has 0 amide bonds. The van der Waals surface area contributed by atoms with Gasteiger partial charge in [-0.3, -0.25) is 0 Å². The van der Waals surface area contributed by atoms with Gasteiger partial charge in [-0.1, -0.05) is 0 Å². The molecule has 1 N–H and O–H groups in total. The zero-order chi connectivity index (χ0) is 12.4. The van der Waals surface area contributed by atoms with Crippen LogP contribution in [0.2, 0.25) is 0 Å². The summed E-state index contributed by atoms with van der Waals surface area (Å²) in [5.74, 6) is 1.97. The van der Waals surface area contributed by atoms with Crippen molar-refractivity contribution in [2.24, 2.45) is 0 Å². The van der Waals surface area contributed by atoms with Crippen LogP contribution in [0, 0.1) is 0 Å². The Kier molecular flexibility index (Phi) is 3.47. The van der Waals surface area contributed by atoms with E-state index in [0.717, 1.165) is 57.5 Å². The van der Waals surface area contributed by atoms with E-state index < -0.39 is 0 Å². The van der Waals surface area contributed by atoms with E-state index in [2.05, 4.69) is 32.3 Å². The highest BCUT2D eigenvalue weighted by molar-refractivity contribution is 5.29. The Morgan fingerprint density at radius 3 is 2.83 bits per heavy atom. The number of nitrogens with zero attached hydrogens (tertiary/aromatic N) is 4. The number of rotatable bonds is 2. The molecular formula is C12H21N5O. The Bertz CT molecular complexity index is 380. The fourth-order valence-electron chi connectivity index (χ4n) is 2.59. The van der Waals surface area contributed by atoms with Crippen molar-refractivity contribution in [1.82, 2.24) is 20.4 Å². The lowest BCUT2D eigenvalue weighted by atomic mass is 10.00. The van der Waals surface area contributed by atoms with E-state index in [1.54, 1.807) is 0 Å². The van der Waals surface area contributed by atoms with Gasteiger partial charge in [0, 0.05) is 32.7 Å². The van der Waals surface area contributed by atoms with Gasteiger partial charge in [0.1, 0.15) is 0 Å². The van der Waals surface area contributed by atoms with Crippen molar-refractivity contribution in [2.45, 2.75) is 18.8 Å². The van der Waals surface area contributed by atoms with Crippen LogP contribution in [0.3, 0.4) is 0 Å². The van der Waals surface area contributed by atoms with Gasteiger partial charge >= 0.3 is 0 Å². The number of hydrogen-bond acceptors (Lipinski definition) is 6. The Morgan fingerprint density at radius 2 is 2.11 bits per heavy atom. The summed E-state index contributed by atoms with van der Waals surface area (Å²) in [4.78, 5) is 9.11. The van der Waals surface area contributed by atoms with Crippen LogP contribution in [-0.2, 0) is 0 Å². The summed E-state index contributed by atoms with van der Waals surface area (Å²) in [6.07, 6.45) is 2.34. The summed E-state index contributed by atoms with van der Waals surface area (Å²) < 4.78 is 5.43. The molecule has 2 aliphatic heterocycles. The molecule has 0 aliphatic carbocycles. The molecule has 1 atom stereocenters. The first-order valence-corrected chi connectivity index (χ1v) is 6.81. The van der Waals surface area contributed by atoms with Crippen LogP contribution in [0.15, 0.2) is 4.52 Å². The number of piperazine rings is 1. The maximum Gasteiger partial charge on any atom is 0.266 e. The molecule has 0 bridgehead atoms. The molecule has 0 spiro atoms. The summed E-state index contributed by atoms with van der Waals surface area (Å²) in [6.45, 7) is 6.17. The van der Waals surface area contributed by atoms with Gasteiger partial charge in [0.15, 0.2) is 0 Å². The van der Waals surface area contributed by atoms with Gasteiger partial charge in [-0.15, -0.1) is 0 Å². The third-order valence-electron chi connectivity index (χ3n) is 3.86. The van der Waals surface area contributed by atoms with E-state index in [9.17, 15) is 0 Å². The monoisotopic (exact) mass is 251 g/mol. The van der Waals surface area contributed by atoms with Crippen LogP contribution in [0.1, 0.15) is 24.7 Å². The largest absolute Gasteiger partial charge is 0.337 e. The molecule has 2 aliphatic rings. The highest BCUT2D eigenvalue weighted by Gasteiger charge is 2.24. The summed E-state index contributed by atoms with van der Waals surface area (Å²) in [5, 5.41) is 7.51. The lowest BCUT2D eigenvalue weighted by Gasteiger charge is -2.31. The standard InChI is InChI=1S/C12H21N5O/c1-16-5-7-17(8-6-16)12-14-11(18-15-12)10-3-2-4-13-9-10/h10,13H,2-9H2,1H3/t10-/m0/s1. The molecule has 1 aromatic heterocycles. The maximum atomic E-state index is 5.43. The summed E-state index contributed by atoms with van der Waals surface area (Å²) in [7, 11) is 2.15. The molecule has 0 unspecified atom stereocenters. The van der Waals surface area contributed by atoms with Crippen molar-refractivity contribution in [3.8, 4) is 0 Å². The van der Waals surface area contributed by atoms with E-state index in [0.29, 0.717) is 5.92 Å². The third-order valence-corrected chi connectivity index (χ3v) is 3.86. The molecule has 6 nitrogen and oxygen atoms in total. The van der Waals surface area contributed by atoms with Crippen LogP contribution >= 0.6 is 0 Å². The van der Waals surface area contributed by atoms with Crippen molar-refractivity contribution < 1.29 is 4.52 Å². The normalized spacial score (nSPS) is 26.5. The summed E-state index contributed by atoms with van der Waals surface area (Å²) in [6, 6.07) is 0. The summed E-state index contributed by atoms with van der Waals surface area (Å²) >= 11 is 0. The predicted molar refractivity (Wildman–Crippen MR) is 68.9 cm³/mol. The zero-order valence-corrected chi connectivity index (χ0v) is 10.9. The smallest absolute Gasteiger partial charge is 0.266 e. The van der Waals surface area contributed by atoms with Gasteiger partial charge in [-0.25, -0.2) is 0 Å². The second-order valence-electron chi connectivity index (χ2n) is 5.27. The number of hydrogen-bond donors (Lipinski definition) is 1. The number of nitrogens with one attached hydrogen (secondary N) is 1. The van der Waals surface area contributed by atoms with Crippen molar-refractivity contribution in [1.29, 1.82) is 0 Å². The molecule has 6 heteroatoms. The van der Waals surface area contributed by atoms with E-state index >= 15 is 0 Å². The fourth-order valence-corrected chi connectivity index (χ4v) is 2.59. The van der Waals surface area contributed by atoms with Gasteiger partial charge in [-0.05, 0) is 31.6 Å².